The second kappa shape index (κ2) is 52.4. The lowest BCUT2D eigenvalue weighted by molar-refractivity contribution is -0.195. The van der Waals surface area contributed by atoms with Crippen molar-refractivity contribution in [1.82, 2.24) is 0 Å². The van der Waals surface area contributed by atoms with Gasteiger partial charge in [-0.15, -0.1) is 0 Å². The third-order valence-corrected chi connectivity index (χ3v) is 12.1. The summed E-state index contributed by atoms with van der Waals surface area (Å²) in [6, 6.07) is 0. The summed E-state index contributed by atoms with van der Waals surface area (Å²) in [5.41, 5.74) is 0. The average molecular weight is 885 g/mol. The Morgan fingerprint density at radius 3 is 0.984 bits per heavy atom. The molecule has 6 heteroatoms. The lowest BCUT2D eigenvalue weighted by atomic mass is 10.1. The molecule has 0 amide bonds. The molecule has 0 fully saturated rings. The highest BCUT2D eigenvalue weighted by Crippen LogP contribution is 2.15. The summed E-state index contributed by atoms with van der Waals surface area (Å²) in [5, 5.41) is 0. The number of Topliss-reactive ketones (excluding diaryl/α,β-unsaturated/α-hetero) is 1. The first-order chi connectivity index (χ1) is 31.0. The third-order valence-electron chi connectivity index (χ3n) is 12.1. The number of carbonyl (C=O) groups is 3. The number of ketones is 1. The summed E-state index contributed by atoms with van der Waals surface area (Å²) < 4.78 is 16.9. The van der Waals surface area contributed by atoms with Gasteiger partial charge in [0.25, 0.3) is 0 Å². The van der Waals surface area contributed by atoms with E-state index < -0.39 is 6.29 Å². The Hall–Kier alpha value is -2.21. The number of unbranched alkanes of at least 4 members (excludes halogenated alkanes) is 33. The molecule has 0 rings (SSSR count). The van der Waals surface area contributed by atoms with Gasteiger partial charge in [-0.3, -0.25) is 14.4 Å². The number of esters is 2. The molecule has 0 radical (unpaired) electrons. The SMILES string of the molecule is CCCCCCCC/C=C\CCCCCCCC(=O)CO[C@H](COC(=O)CCCCCCC/C=C\CCCCCCCC)OC(=O)CCCCCCC/C=C\CCCCCCCC. The van der Waals surface area contributed by atoms with Gasteiger partial charge in [-0.25, -0.2) is 0 Å². The number of hydrogen-bond donors (Lipinski definition) is 0. The van der Waals surface area contributed by atoms with E-state index in [4.69, 9.17) is 14.2 Å². The van der Waals surface area contributed by atoms with Crippen LogP contribution in [0.15, 0.2) is 36.5 Å². The van der Waals surface area contributed by atoms with E-state index in [9.17, 15) is 14.4 Å². The maximum Gasteiger partial charge on any atom is 0.308 e. The Bertz CT molecular complexity index is 1010. The normalized spacial score (nSPS) is 12.3. The van der Waals surface area contributed by atoms with E-state index in [0.29, 0.717) is 19.3 Å². The summed E-state index contributed by atoms with van der Waals surface area (Å²) >= 11 is 0. The van der Waals surface area contributed by atoms with Gasteiger partial charge in [0.05, 0.1) is 0 Å². The molecule has 0 N–H and O–H groups in total. The molecule has 0 saturated carbocycles. The predicted molar refractivity (Wildman–Crippen MR) is 270 cm³/mol. The van der Waals surface area contributed by atoms with Crippen LogP contribution < -0.4 is 0 Å². The average Bonchev–Trinajstić information content (AvgIpc) is 3.28. The largest absolute Gasteiger partial charge is 0.459 e. The topological polar surface area (TPSA) is 78.9 Å². The maximum atomic E-state index is 12.8. The van der Waals surface area contributed by atoms with Crippen LogP contribution in [0.3, 0.4) is 0 Å². The van der Waals surface area contributed by atoms with Gasteiger partial charge in [0.1, 0.15) is 6.61 Å². The predicted octanol–water partition coefficient (Wildman–Crippen LogP) is 18.1. The zero-order chi connectivity index (χ0) is 45.8. The summed E-state index contributed by atoms with van der Waals surface area (Å²) in [5.74, 6) is -0.685. The summed E-state index contributed by atoms with van der Waals surface area (Å²) in [7, 11) is 0. The standard InChI is InChI=1S/C57H104O6/c1-4-7-10-13-16-19-22-25-28-31-34-37-40-43-46-49-54(58)52-62-57(63-56(60)51-48-45-42-39-36-33-30-27-24-21-18-15-12-9-6-3)53-61-55(59)50-47-44-41-38-35-32-29-26-23-20-17-14-11-8-5-2/h25-30,57H,4-24,31-53H2,1-3H3/b28-25-,29-26-,30-27-/t57-/m0/s1. The lowest BCUT2D eigenvalue weighted by Crippen LogP contribution is -2.30. The molecule has 1 atom stereocenters. The second-order valence-corrected chi connectivity index (χ2v) is 18.5. The molecule has 0 aromatic heterocycles. The molecule has 0 aliphatic carbocycles. The number of rotatable bonds is 51. The molecule has 0 aromatic carbocycles. The van der Waals surface area contributed by atoms with Gasteiger partial charge in [0, 0.05) is 19.3 Å². The fraction of sp³-hybridized carbons (Fsp3) is 0.842. The van der Waals surface area contributed by atoms with E-state index in [1.165, 1.54) is 167 Å². The molecular weight excluding hydrogens is 781 g/mol. The van der Waals surface area contributed by atoms with Crippen LogP contribution in [0.1, 0.15) is 290 Å². The van der Waals surface area contributed by atoms with Gasteiger partial charge < -0.3 is 14.2 Å². The van der Waals surface area contributed by atoms with Crippen LogP contribution in [0.2, 0.25) is 0 Å². The van der Waals surface area contributed by atoms with E-state index in [-0.39, 0.29) is 30.9 Å². The molecule has 0 aliphatic heterocycles. The van der Waals surface area contributed by atoms with Crippen LogP contribution in [0.25, 0.3) is 0 Å². The van der Waals surface area contributed by atoms with Crippen LogP contribution in [0.4, 0.5) is 0 Å². The van der Waals surface area contributed by atoms with Crippen molar-refractivity contribution >= 4 is 17.7 Å². The molecule has 0 spiro atoms. The highest BCUT2D eigenvalue weighted by atomic mass is 16.7. The van der Waals surface area contributed by atoms with E-state index in [1.54, 1.807) is 0 Å². The van der Waals surface area contributed by atoms with Gasteiger partial charge >= 0.3 is 11.9 Å². The fourth-order valence-corrected chi connectivity index (χ4v) is 7.89. The molecule has 0 heterocycles. The molecule has 63 heavy (non-hydrogen) atoms. The van der Waals surface area contributed by atoms with Crippen molar-refractivity contribution in [3.05, 3.63) is 36.5 Å². The van der Waals surface area contributed by atoms with Crippen molar-refractivity contribution in [1.29, 1.82) is 0 Å². The zero-order valence-electron chi connectivity index (χ0n) is 42.1. The van der Waals surface area contributed by atoms with Gasteiger partial charge in [-0.2, -0.15) is 0 Å². The van der Waals surface area contributed by atoms with Crippen molar-refractivity contribution in [3.8, 4) is 0 Å². The highest BCUT2D eigenvalue weighted by Gasteiger charge is 2.19. The molecule has 0 saturated heterocycles. The molecule has 0 bridgehead atoms. The third kappa shape index (κ3) is 50.6. The van der Waals surface area contributed by atoms with Crippen molar-refractivity contribution in [2.45, 2.75) is 297 Å². The quantitative estimate of drug-likeness (QED) is 0.0262. The molecule has 6 nitrogen and oxygen atoms in total. The summed E-state index contributed by atoms with van der Waals surface area (Å²) in [6.07, 6.45) is 61.0. The first kappa shape index (κ1) is 60.8. The lowest BCUT2D eigenvalue weighted by Gasteiger charge is -2.18. The molecule has 0 aromatic rings. The Kier molecular flexibility index (Phi) is 50.6. The Labute approximate surface area is 391 Å². The number of allylic oxidation sites excluding steroid dienone is 6. The van der Waals surface area contributed by atoms with Gasteiger partial charge in [-0.1, -0.05) is 211 Å². The maximum absolute atomic E-state index is 12.8. The minimum absolute atomic E-state index is 0.00875. The second-order valence-electron chi connectivity index (χ2n) is 18.5. The molecule has 368 valence electrons. The fourth-order valence-electron chi connectivity index (χ4n) is 7.89. The minimum atomic E-state index is -1.06. The van der Waals surface area contributed by atoms with Crippen LogP contribution >= 0.6 is 0 Å². The molecule has 0 aliphatic rings. The van der Waals surface area contributed by atoms with Crippen molar-refractivity contribution in [3.63, 3.8) is 0 Å². The molecule has 0 unspecified atom stereocenters. The van der Waals surface area contributed by atoms with E-state index >= 15 is 0 Å². The summed E-state index contributed by atoms with van der Waals surface area (Å²) in [6.45, 7) is 6.47. The van der Waals surface area contributed by atoms with Gasteiger partial charge in [0.2, 0.25) is 6.29 Å². The first-order valence-corrected chi connectivity index (χ1v) is 27.5. The van der Waals surface area contributed by atoms with Crippen molar-refractivity contribution in [2.24, 2.45) is 0 Å². The highest BCUT2D eigenvalue weighted by molar-refractivity contribution is 5.79. The Morgan fingerprint density at radius 1 is 0.349 bits per heavy atom. The summed E-state index contributed by atoms with van der Waals surface area (Å²) in [4.78, 5) is 38.1. The van der Waals surface area contributed by atoms with Crippen LogP contribution in [0.5, 0.6) is 0 Å². The zero-order valence-corrected chi connectivity index (χ0v) is 42.1. The van der Waals surface area contributed by atoms with E-state index in [1.807, 2.05) is 0 Å². The first-order valence-electron chi connectivity index (χ1n) is 27.5. The number of carbonyl (C=O) groups excluding carboxylic acids is 3. The van der Waals surface area contributed by atoms with Crippen LogP contribution in [-0.4, -0.2) is 37.2 Å². The number of ether oxygens (including phenoxy) is 3. The van der Waals surface area contributed by atoms with Crippen molar-refractivity contribution < 1.29 is 28.6 Å². The Balaban J connectivity index is 4.39. The van der Waals surface area contributed by atoms with Gasteiger partial charge in [-0.05, 0) is 96.3 Å². The van der Waals surface area contributed by atoms with Gasteiger partial charge in [0.15, 0.2) is 12.4 Å². The minimum Gasteiger partial charge on any atom is -0.459 e. The Morgan fingerprint density at radius 2 is 0.635 bits per heavy atom. The van der Waals surface area contributed by atoms with E-state index in [2.05, 4.69) is 57.2 Å². The van der Waals surface area contributed by atoms with Crippen LogP contribution in [-0.2, 0) is 28.6 Å². The molecular formula is C57H104O6. The van der Waals surface area contributed by atoms with E-state index in [0.717, 1.165) is 83.5 Å². The smallest absolute Gasteiger partial charge is 0.308 e. The number of hydrogen-bond acceptors (Lipinski definition) is 6. The monoisotopic (exact) mass is 885 g/mol. The van der Waals surface area contributed by atoms with Crippen molar-refractivity contribution in [2.75, 3.05) is 13.2 Å². The van der Waals surface area contributed by atoms with Crippen LogP contribution in [0, 0.1) is 0 Å².